The SMILES string of the molecule is CNC(=O)CCCc1ccc(C(=O)Nc2n[nH]c(=S)s2)c(N)c1C. The maximum absolute atomic E-state index is 12.3. The second kappa shape index (κ2) is 8.02. The van der Waals surface area contributed by atoms with Crippen LogP contribution in [0.1, 0.15) is 34.3 Å². The highest BCUT2D eigenvalue weighted by Gasteiger charge is 2.15. The Morgan fingerprint density at radius 3 is 2.79 bits per heavy atom. The molecule has 7 nitrogen and oxygen atoms in total. The van der Waals surface area contributed by atoms with Gasteiger partial charge in [0.05, 0.1) is 5.56 Å². The molecule has 0 aliphatic rings. The molecule has 0 atom stereocenters. The first-order chi connectivity index (χ1) is 11.4. The number of nitrogens with two attached hydrogens (primary N) is 1. The van der Waals surface area contributed by atoms with Crippen LogP contribution in [0.2, 0.25) is 0 Å². The van der Waals surface area contributed by atoms with E-state index in [4.69, 9.17) is 18.0 Å². The number of hydrogen-bond donors (Lipinski definition) is 4. The number of aromatic nitrogens is 2. The maximum Gasteiger partial charge on any atom is 0.259 e. The van der Waals surface area contributed by atoms with Gasteiger partial charge in [-0.2, -0.15) is 0 Å². The molecule has 5 N–H and O–H groups in total. The van der Waals surface area contributed by atoms with Crippen molar-refractivity contribution in [1.29, 1.82) is 0 Å². The van der Waals surface area contributed by atoms with Crippen molar-refractivity contribution in [3.63, 3.8) is 0 Å². The smallest absolute Gasteiger partial charge is 0.259 e. The van der Waals surface area contributed by atoms with Gasteiger partial charge < -0.3 is 11.1 Å². The van der Waals surface area contributed by atoms with Gasteiger partial charge in [0.15, 0.2) is 3.95 Å². The highest BCUT2D eigenvalue weighted by Crippen LogP contribution is 2.24. The largest absolute Gasteiger partial charge is 0.398 e. The molecular weight excluding hydrogens is 346 g/mol. The van der Waals surface area contributed by atoms with E-state index in [0.717, 1.165) is 24.0 Å². The fourth-order valence-electron chi connectivity index (χ4n) is 2.25. The van der Waals surface area contributed by atoms with Crippen molar-refractivity contribution in [3.05, 3.63) is 32.8 Å². The minimum atomic E-state index is -0.328. The molecule has 0 unspecified atom stereocenters. The first kappa shape index (κ1) is 18.1. The van der Waals surface area contributed by atoms with Crippen LogP contribution in [-0.4, -0.2) is 29.1 Å². The number of benzene rings is 1. The van der Waals surface area contributed by atoms with E-state index in [1.807, 2.05) is 13.0 Å². The summed E-state index contributed by atoms with van der Waals surface area (Å²) in [4.78, 5) is 23.6. The minimum absolute atomic E-state index is 0.0120. The number of anilines is 2. The molecule has 128 valence electrons. The number of carbonyl (C=O) groups excluding carboxylic acids is 2. The van der Waals surface area contributed by atoms with E-state index < -0.39 is 0 Å². The zero-order valence-corrected chi connectivity index (χ0v) is 15.1. The van der Waals surface area contributed by atoms with E-state index in [1.165, 1.54) is 11.3 Å². The minimum Gasteiger partial charge on any atom is -0.398 e. The molecule has 2 rings (SSSR count). The van der Waals surface area contributed by atoms with Crippen LogP contribution in [0.15, 0.2) is 12.1 Å². The number of amides is 2. The summed E-state index contributed by atoms with van der Waals surface area (Å²) in [6, 6.07) is 3.57. The molecule has 0 bridgehead atoms. The van der Waals surface area contributed by atoms with Gasteiger partial charge in [0, 0.05) is 19.2 Å². The monoisotopic (exact) mass is 365 g/mol. The van der Waals surface area contributed by atoms with Crippen molar-refractivity contribution in [2.24, 2.45) is 0 Å². The number of carbonyl (C=O) groups is 2. The Bertz CT molecular complexity index is 812. The van der Waals surface area contributed by atoms with Crippen LogP contribution in [0.4, 0.5) is 10.8 Å². The Balaban J connectivity index is 2.09. The van der Waals surface area contributed by atoms with E-state index in [1.54, 1.807) is 13.1 Å². The van der Waals surface area contributed by atoms with Crippen molar-refractivity contribution in [3.8, 4) is 0 Å². The number of rotatable bonds is 6. The summed E-state index contributed by atoms with van der Waals surface area (Å²) in [5, 5.41) is 12.2. The molecule has 24 heavy (non-hydrogen) atoms. The molecule has 1 heterocycles. The zero-order chi connectivity index (χ0) is 17.7. The molecule has 0 spiro atoms. The average Bonchev–Trinajstić information content (AvgIpc) is 2.96. The molecule has 0 radical (unpaired) electrons. The van der Waals surface area contributed by atoms with Crippen LogP contribution in [0.3, 0.4) is 0 Å². The van der Waals surface area contributed by atoms with Gasteiger partial charge >= 0.3 is 0 Å². The third-order valence-corrected chi connectivity index (χ3v) is 4.66. The summed E-state index contributed by atoms with van der Waals surface area (Å²) in [5.41, 5.74) is 8.83. The van der Waals surface area contributed by atoms with E-state index >= 15 is 0 Å². The second-order valence-corrected chi connectivity index (χ2v) is 6.88. The summed E-state index contributed by atoms with van der Waals surface area (Å²) < 4.78 is 0.487. The van der Waals surface area contributed by atoms with Crippen LogP contribution >= 0.6 is 23.6 Å². The van der Waals surface area contributed by atoms with Crippen LogP contribution in [0, 0.1) is 10.9 Å². The number of nitrogens with one attached hydrogen (secondary N) is 3. The lowest BCUT2D eigenvalue weighted by atomic mass is 9.97. The van der Waals surface area contributed by atoms with Crippen molar-refractivity contribution < 1.29 is 9.59 Å². The fourth-order valence-corrected chi connectivity index (χ4v) is 3.04. The molecule has 0 aliphatic carbocycles. The van der Waals surface area contributed by atoms with Gasteiger partial charge in [-0.1, -0.05) is 17.4 Å². The molecule has 1 aromatic carbocycles. The highest BCUT2D eigenvalue weighted by atomic mass is 32.1. The predicted molar refractivity (Wildman–Crippen MR) is 97.8 cm³/mol. The van der Waals surface area contributed by atoms with Crippen LogP contribution in [0.5, 0.6) is 0 Å². The lowest BCUT2D eigenvalue weighted by Gasteiger charge is -2.12. The third-order valence-electron chi connectivity index (χ3n) is 3.66. The highest BCUT2D eigenvalue weighted by molar-refractivity contribution is 7.73. The summed E-state index contributed by atoms with van der Waals surface area (Å²) in [6.07, 6.45) is 1.91. The van der Waals surface area contributed by atoms with Crippen molar-refractivity contribution >= 4 is 46.2 Å². The van der Waals surface area contributed by atoms with Crippen LogP contribution in [0.25, 0.3) is 0 Å². The molecule has 0 aliphatic heterocycles. The van der Waals surface area contributed by atoms with E-state index in [-0.39, 0.29) is 11.8 Å². The van der Waals surface area contributed by atoms with E-state index in [9.17, 15) is 9.59 Å². The maximum atomic E-state index is 12.3. The second-order valence-electron chi connectivity index (χ2n) is 5.21. The number of nitrogens with zero attached hydrogens (tertiary/aromatic N) is 1. The Hall–Kier alpha value is -2.26. The molecule has 0 saturated carbocycles. The van der Waals surface area contributed by atoms with Crippen molar-refractivity contribution in [2.45, 2.75) is 26.2 Å². The lowest BCUT2D eigenvalue weighted by molar-refractivity contribution is -0.120. The van der Waals surface area contributed by atoms with Crippen molar-refractivity contribution in [1.82, 2.24) is 15.5 Å². The van der Waals surface area contributed by atoms with E-state index in [2.05, 4.69) is 20.8 Å². The number of hydrogen-bond acceptors (Lipinski definition) is 6. The summed E-state index contributed by atoms with van der Waals surface area (Å²) in [7, 11) is 1.62. The molecule has 2 amide bonds. The van der Waals surface area contributed by atoms with Gasteiger partial charge in [0.25, 0.3) is 5.91 Å². The molecule has 0 saturated heterocycles. The van der Waals surface area contributed by atoms with Crippen molar-refractivity contribution in [2.75, 3.05) is 18.1 Å². The van der Waals surface area contributed by atoms with Gasteiger partial charge in [-0.3, -0.25) is 20.0 Å². The Morgan fingerprint density at radius 1 is 1.42 bits per heavy atom. The van der Waals surface area contributed by atoms with E-state index in [0.29, 0.717) is 26.8 Å². The molecule has 1 aromatic heterocycles. The molecule has 9 heteroatoms. The summed E-state index contributed by atoms with van der Waals surface area (Å²) in [5.74, 6) is -0.316. The third kappa shape index (κ3) is 4.39. The number of aromatic amines is 1. The van der Waals surface area contributed by atoms with Gasteiger partial charge in [0.1, 0.15) is 0 Å². The number of aryl methyl sites for hydroxylation is 1. The summed E-state index contributed by atoms with van der Waals surface area (Å²) in [6.45, 7) is 1.87. The van der Waals surface area contributed by atoms with Crippen LogP contribution < -0.4 is 16.4 Å². The fraction of sp³-hybridized carbons (Fsp3) is 0.333. The Labute approximate surface area is 148 Å². The first-order valence-corrected chi connectivity index (χ1v) is 8.60. The molecule has 0 fully saturated rings. The topological polar surface area (TPSA) is 113 Å². The molecular formula is C15H19N5O2S2. The average molecular weight is 365 g/mol. The normalized spacial score (nSPS) is 10.4. The predicted octanol–water partition coefficient (Wildman–Crippen LogP) is 2.41. The van der Waals surface area contributed by atoms with Gasteiger partial charge in [-0.25, -0.2) is 0 Å². The Kier molecular flexibility index (Phi) is 6.04. The zero-order valence-electron chi connectivity index (χ0n) is 13.4. The lowest BCUT2D eigenvalue weighted by Crippen LogP contribution is -2.17. The standard InChI is InChI=1S/C15H19N5O2S2/c1-8-9(4-3-5-11(21)17-2)6-7-10(12(8)16)13(22)18-14-19-20-15(23)24-14/h6-7H,3-5,16H2,1-2H3,(H,17,21)(H,20,23)(H,18,19,22). The molecule has 2 aromatic rings. The first-order valence-electron chi connectivity index (χ1n) is 7.37. The quantitative estimate of drug-likeness (QED) is 0.464. The number of H-pyrrole nitrogens is 1. The van der Waals surface area contributed by atoms with Gasteiger partial charge in [-0.05, 0) is 49.2 Å². The Morgan fingerprint density at radius 2 is 2.17 bits per heavy atom. The number of nitrogen functional groups attached to an aromatic ring is 1. The van der Waals surface area contributed by atoms with Gasteiger partial charge in [-0.15, -0.1) is 5.10 Å². The van der Waals surface area contributed by atoms with Gasteiger partial charge in [0.2, 0.25) is 11.0 Å². The van der Waals surface area contributed by atoms with Crippen LogP contribution in [-0.2, 0) is 11.2 Å². The summed E-state index contributed by atoms with van der Waals surface area (Å²) >= 11 is 6.11.